The topological polar surface area (TPSA) is 152 Å². The van der Waals surface area contributed by atoms with E-state index in [1.54, 1.807) is 0 Å². The van der Waals surface area contributed by atoms with Crippen LogP contribution in [0.2, 0.25) is 0 Å². The molecule has 0 rings (SSSR count). The number of rotatable bonds is 0. The molecule has 0 atom stereocenters. The summed E-state index contributed by atoms with van der Waals surface area (Å²) in [4.78, 5) is 29.6. The zero-order valence-electron chi connectivity index (χ0n) is 7.24. The summed E-state index contributed by atoms with van der Waals surface area (Å²) in [5.41, 5.74) is 0. The summed E-state index contributed by atoms with van der Waals surface area (Å²) in [6.45, 7) is 0. The largest absolute Gasteiger partial charge is 0.572 e. The van der Waals surface area contributed by atoms with Crippen LogP contribution in [0.5, 0.6) is 0 Å². The van der Waals surface area contributed by atoms with E-state index in [1.807, 2.05) is 0 Å². The normalized spacial score (nSPS) is 6.00. The molecule has 0 aromatic rings. The van der Waals surface area contributed by atoms with E-state index in [1.165, 1.54) is 0 Å². The minimum Gasteiger partial charge on any atom is -0.260 e. The van der Waals surface area contributed by atoms with Gasteiger partial charge in [-0.3, -0.25) is 19.6 Å². The maximum absolute atomic E-state index is 9.24. The van der Waals surface area contributed by atoms with Crippen molar-refractivity contribution in [1.29, 1.82) is 0 Å². The third kappa shape index (κ3) is 23.5. The average molecular weight is 266 g/mol. The molecule has 0 saturated carbocycles. The first-order valence-electron chi connectivity index (χ1n) is 1.96. The second-order valence-corrected chi connectivity index (χ2v) is 0.865. The molecule has 10 nitrogen and oxygen atoms in total. The SMILES string of the molecule is O=C(OO)OO.O=C(OO)OO.[K].[K]. The molecule has 0 aliphatic carbocycles. The van der Waals surface area contributed by atoms with Crippen molar-refractivity contribution in [3.63, 3.8) is 0 Å². The molecule has 4 N–H and O–H groups in total. The van der Waals surface area contributed by atoms with Crippen LogP contribution in [0.3, 0.4) is 0 Å². The quantitative estimate of drug-likeness (QED) is 0.254. The van der Waals surface area contributed by atoms with Gasteiger partial charge in [0.05, 0.1) is 0 Å². The van der Waals surface area contributed by atoms with Crippen molar-refractivity contribution >= 4 is 115 Å². The van der Waals surface area contributed by atoms with Crippen LogP contribution in [-0.4, -0.2) is 136 Å². The van der Waals surface area contributed by atoms with Gasteiger partial charge >= 0.3 is 12.3 Å². The molecule has 0 amide bonds. The Bertz CT molecular complexity index is 108. The minimum atomic E-state index is -1.55. The number of hydrogen-bond donors (Lipinski definition) is 4. The minimum absolute atomic E-state index is 0. The molecule has 0 unspecified atom stereocenters. The molecule has 74 valence electrons. The van der Waals surface area contributed by atoms with Gasteiger partial charge < -0.3 is 0 Å². The van der Waals surface area contributed by atoms with Crippen molar-refractivity contribution in [1.82, 2.24) is 0 Å². The molecule has 0 aliphatic heterocycles. The number of carbonyl (C=O) groups excluding carboxylic acids is 2. The fourth-order valence-corrected chi connectivity index (χ4v) is 0.0333. The van der Waals surface area contributed by atoms with Crippen LogP contribution in [0.25, 0.3) is 0 Å². The molecule has 0 aliphatic rings. The van der Waals surface area contributed by atoms with Gasteiger partial charge in [-0.25, -0.2) is 0 Å². The standard InChI is InChI=1S/2CH2O5.2K/c2*2-1(5-3)6-4;;/h2*3-4H;;. The third-order valence-electron chi connectivity index (χ3n) is 0.298. The molecule has 14 heavy (non-hydrogen) atoms. The third-order valence-corrected chi connectivity index (χ3v) is 0.298. The van der Waals surface area contributed by atoms with Crippen LogP contribution in [0.15, 0.2) is 0 Å². The van der Waals surface area contributed by atoms with E-state index in [2.05, 4.69) is 19.6 Å². The van der Waals surface area contributed by atoms with E-state index < -0.39 is 12.3 Å². The summed E-state index contributed by atoms with van der Waals surface area (Å²) >= 11 is 0. The molecule has 0 spiro atoms. The van der Waals surface area contributed by atoms with E-state index in [-0.39, 0.29) is 103 Å². The Hall–Kier alpha value is 1.65. The van der Waals surface area contributed by atoms with Gasteiger partial charge in [0.15, 0.2) is 0 Å². The molecular weight excluding hydrogens is 262 g/mol. The second kappa shape index (κ2) is 20.1. The summed E-state index contributed by atoms with van der Waals surface area (Å²) in [7, 11) is 0. The van der Waals surface area contributed by atoms with E-state index in [9.17, 15) is 9.59 Å². The fraction of sp³-hybridized carbons (Fsp3) is 0. The zero-order valence-corrected chi connectivity index (χ0v) is 13.5. The molecule has 0 saturated heterocycles. The first-order valence-corrected chi connectivity index (χ1v) is 1.96. The van der Waals surface area contributed by atoms with Crippen molar-refractivity contribution in [2.75, 3.05) is 0 Å². The Morgan fingerprint density at radius 3 is 0.786 bits per heavy atom. The summed E-state index contributed by atoms with van der Waals surface area (Å²) in [5.74, 6) is 0. The van der Waals surface area contributed by atoms with Gasteiger partial charge in [0, 0.05) is 103 Å². The van der Waals surface area contributed by atoms with Crippen molar-refractivity contribution in [2.45, 2.75) is 0 Å². The van der Waals surface area contributed by atoms with Crippen LogP contribution in [0.4, 0.5) is 9.59 Å². The molecule has 0 aromatic carbocycles. The van der Waals surface area contributed by atoms with Gasteiger partial charge in [0.25, 0.3) is 0 Å². The Labute approximate surface area is 162 Å². The first-order chi connectivity index (χ1) is 5.62. The molecule has 0 aromatic heterocycles. The number of carbonyl (C=O) groups is 2. The van der Waals surface area contributed by atoms with Crippen LogP contribution in [0, 0.1) is 0 Å². The van der Waals surface area contributed by atoms with Crippen LogP contribution >= 0.6 is 0 Å². The molecule has 2 radical (unpaired) electrons. The number of hydrogen-bond acceptors (Lipinski definition) is 10. The van der Waals surface area contributed by atoms with E-state index in [0.29, 0.717) is 0 Å². The predicted octanol–water partition coefficient (Wildman–Crippen LogP) is -0.590. The van der Waals surface area contributed by atoms with Crippen molar-refractivity contribution in [2.24, 2.45) is 0 Å². The van der Waals surface area contributed by atoms with E-state index in [0.717, 1.165) is 0 Å². The Balaban J connectivity index is -0.0000000625. The maximum Gasteiger partial charge on any atom is 0.572 e. The second-order valence-electron chi connectivity index (χ2n) is 0.865. The van der Waals surface area contributed by atoms with E-state index in [4.69, 9.17) is 21.0 Å². The van der Waals surface area contributed by atoms with Crippen molar-refractivity contribution in [3.05, 3.63) is 0 Å². The van der Waals surface area contributed by atoms with Crippen molar-refractivity contribution in [3.8, 4) is 0 Å². The Kier molecular flexibility index (Phi) is 35.6. The monoisotopic (exact) mass is 266 g/mol. The predicted molar refractivity (Wildman–Crippen MR) is 37.2 cm³/mol. The average Bonchev–Trinajstić information content (AvgIpc) is 2.16. The van der Waals surface area contributed by atoms with Gasteiger partial charge in [-0.15, -0.1) is 0 Å². The molecule has 0 bridgehead atoms. The van der Waals surface area contributed by atoms with Gasteiger partial charge in [-0.2, -0.15) is 30.6 Å². The van der Waals surface area contributed by atoms with Gasteiger partial charge in [0.2, 0.25) is 0 Å². The fourth-order valence-electron chi connectivity index (χ4n) is 0.0333. The van der Waals surface area contributed by atoms with Crippen LogP contribution in [-0.2, 0) is 19.6 Å². The Morgan fingerprint density at radius 2 is 0.786 bits per heavy atom. The van der Waals surface area contributed by atoms with Crippen LogP contribution in [0.1, 0.15) is 0 Å². The van der Waals surface area contributed by atoms with E-state index >= 15 is 0 Å². The van der Waals surface area contributed by atoms with Crippen LogP contribution < -0.4 is 0 Å². The summed E-state index contributed by atoms with van der Waals surface area (Å²) in [5, 5.41) is 28.8. The maximum atomic E-state index is 9.24. The molecule has 12 heteroatoms. The summed E-state index contributed by atoms with van der Waals surface area (Å²) < 4.78 is 0. The first kappa shape index (κ1) is 24.7. The van der Waals surface area contributed by atoms with Gasteiger partial charge in [0.1, 0.15) is 0 Å². The molecule has 0 fully saturated rings. The summed E-state index contributed by atoms with van der Waals surface area (Å²) in [6, 6.07) is 0. The smallest absolute Gasteiger partial charge is 0.260 e. The van der Waals surface area contributed by atoms with Crippen molar-refractivity contribution < 1.29 is 50.2 Å². The molecular formula is C2H4K2O10. The summed E-state index contributed by atoms with van der Waals surface area (Å²) in [6.07, 6.45) is -3.09. The zero-order chi connectivity index (χ0) is 9.98. The van der Waals surface area contributed by atoms with Gasteiger partial charge in [-0.05, 0) is 0 Å². The molecule has 0 heterocycles. The van der Waals surface area contributed by atoms with Gasteiger partial charge in [-0.1, -0.05) is 0 Å². The Morgan fingerprint density at radius 1 is 0.643 bits per heavy atom.